The fourth-order valence-electron chi connectivity index (χ4n) is 2.24. The highest BCUT2D eigenvalue weighted by atomic mass is 16.5. The first-order valence-corrected chi connectivity index (χ1v) is 8.76. The topological polar surface area (TPSA) is 76.7 Å². The highest BCUT2D eigenvalue weighted by Crippen LogP contribution is 2.24. The van der Waals surface area contributed by atoms with Crippen molar-refractivity contribution in [2.75, 3.05) is 17.7 Å². The van der Waals surface area contributed by atoms with Crippen LogP contribution in [0, 0.1) is 5.41 Å². The van der Waals surface area contributed by atoms with Crippen molar-refractivity contribution in [3.8, 4) is 11.5 Å². The highest BCUT2D eigenvalue weighted by molar-refractivity contribution is 6.14. The van der Waals surface area contributed by atoms with Crippen LogP contribution in [0.25, 0.3) is 0 Å². The lowest BCUT2D eigenvalue weighted by Crippen LogP contribution is -2.41. The van der Waals surface area contributed by atoms with Crippen molar-refractivity contribution in [3.63, 3.8) is 0 Å². The Morgan fingerprint density at radius 2 is 1.22 bits per heavy atom. The van der Waals surface area contributed by atoms with Crippen molar-refractivity contribution in [2.45, 2.75) is 33.8 Å². The lowest BCUT2D eigenvalue weighted by molar-refractivity contribution is -0.135. The van der Waals surface area contributed by atoms with Gasteiger partial charge in [-0.1, -0.05) is 0 Å². The lowest BCUT2D eigenvalue weighted by Gasteiger charge is -2.23. The van der Waals surface area contributed by atoms with Crippen LogP contribution in [0.1, 0.15) is 27.7 Å². The van der Waals surface area contributed by atoms with Crippen LogP contribution in [0.15, 0.2) is 48.5 Å². The summed E-state index contributed by atoms with van der Waals surface area (Å²) >= 11 is 0. The molecule has 6 nitrogen and oxygen atoms in total. The maximum atomic E-state index is 12.6. The average Bonchev–Trinajstić information content (AvgIpc) is 2.63. The normalized spacial score (nSPS) is 11.0. The first-order chi connectivity index (χ1) is 12.7. The summed E-state index contributed by atoms with van der Waals surface area (Å²) in [5.41, 5.74) is -0.0641. The minimum atomic E-state index is -1.26. The number of nitrogens with one attached hydrogen (secondary N) is 2. The number of carbonyl (C=O) groups is 2. The van der Waals surface area contributed by atoms with Gasteiger partial charge in [0.25, 0.3) is 0 Å². The molecule has 2 aromatic carbocycles. The molecule has 0 saturated heterocycles. The second-order valence-electron chi connectivity index (χ2n) is 6.95. The second kappa shape index (κ2) is 8.58. The molecular weight excluding hydrogens is 344 g/mol. The van der Waals surface area contributed by atoms with E-state index in [1.165, 1.54) is 0 Å². The van der Waals surface area contributed by atoms with Gasteiger partial charge in [-0.05, 0) is 76.2 Å². The molecule has 0 aliphatic heterocycles. The van der Waals surface area contributed by atoms with Crippen LogP contribution >= 0.6 is 0 Å². The standard InChI is InChI=1S/C21H26N2O4/c1-14(2)27-18-12-8-16(9-13-18)23-20(25)21(3,4)19(24)22-15-6-10-17(26-5)11-7-15/h6-14H,1-5H3,(H,22,24)(H,23,25). The molecule has 2 aromatic rings. The largest absolute Gasteiger partial charge is 0.497 e. The number of rotatable bonds is 7. The number of methoxy groups -OCH3 is 1. The molecule has 2 N–H and O–H groups in total. The van der Waals surface area contributed by atoms with Gasteiger partial charge in [0, 0.05) is 11.4 Å². The summed E-state index contributed by atoms with van der Waals surface area (Å²) in [6.45, 7) is 7.05. The molecule has 0 aliphatic rings. The Bertz CT molecular complexity index is 781. The molecule has 0 aromatic heterocycles. The van der Waals surface area contributed by atoms with Crippen molar-refractivity contribution in [1.82, 2.24) is 0 Å². The van der Waals surface area contributed by atoms with E-state index in [1.54, 1.807) is 69.5 Å². The van der Waals surface area contributed by atoms with Gasteiger partial charge in [-0.15, -0.1) is 0 Å². The zero-order valence-corrected chi connectivity index (χ0v) is 16.3. The Morgan fingerprint density at radius 3 is 1.59 bits per heavy atom. The fourth-order valence-corrected chi connectivity index (χ4v) is 2.24. The smallest absolute Gasteiger partial charge is 0.239 e. The van der Waals surface area contributed by atoms with Gasteiger partial charge in [0.2, 0.25) is 11.8 Å². The van der Waals surface area contributed by atoms with E-state index in [9.17, 15) is 9.59 Å². The van der Waals surface area contributed by atoms with Gasteiger partial charge in [0.05, 0.1) is 13.2 Å². The van der Waals surface area contributed by atoms with Crippen molar-refractivity contribution in [3.05, 3.63) is 48.5 Å². The molecule has 27 heavy (non-hydrogen) atoms. The average molecular weight is 370 g/mol. The zero-order chi connectivity index (χ0) is 20.0. The molecule has 0 saturated carbocycles. The van der Waals surface area contributed by atoms with Gasteiger partial charge < -0.3 is 20.1 Å². The fraction of sp³-hybridized carbons (Fsp3) is 0.333. The third-order valence-corrected chi connectivity index (χ3v) is 3.97. The SMILES string of the molecule is COc1ccc(NC(=O)C(C)(C)C(=O)Nc2ccc(OC(C)C)cc2)cc1. The summed E-state index contributed by atoms with van der Waals surface area (Å²) in [5, 5.41) is 5.53. The summed E-state index contributed by atoms with van der Waals surface area (Å²) in [7, 11) is 1.57. The molecule has 0 atom stereocenters. The van der Waals surface area contributed by atoms with Gasteiger partial charge in [-0.25, -0.2) is 0 Å². The minimum Gasteiger partial charge on any atom is -0.497 e. The van der Waals surface area contributed by atoms with E-state index in [0.717, 1.165) is 5.75 Å². The molecule has 0 spiro atoms. The summed E-state index contributed by atoms with van der Waals surface area (Å²) in [5.74, 6) is 0.616. The molecule has 6 heteroatoms. The van der Waals surface area contributed by atoms with Crippen molar-refractivity contribution >= 4 is 23.2 Å². The van der Waals surface area contributed by atoms with E-state index in [4.69, 9.17) is 9.47 Å². The maximum Gasteiger partial charge on any atom is 0.239 e. The number of hydrogen-bond acceptors (Lipinski definition) is 4. The van der Waals surface area contributed by atoms with E-state index in [1.807, 2.05) is 13.8 Å². The van der Waals surface area contributed by atoms with Crippen LogP contribution in [-0.2, 0) is 9.59 Å². The number of benzene rings is 2. The quantitative estimate of drug-likeness (QED) is 0.720. The Kier molecular flexibility index (Phi) is 6.45. The minimum absolute atomic E-state index is 0.0750. The van der Waals surface area contributed by atoms with Gasteiger partial charge in [-0.3, -0.25) is 9.59 Å². The Morgan fingerprint density at radius 1 is 0.815 bits per heavy atom. The Labute approximate surface area is 159 Å². The zero-order valence-electron chi connectivity index (χ0n) is 16.3. The predicted octanol–water partition coefficient (Wildman–Crippen LogP) is 4.09. The third-order valence-electron chi connectivity index (χ3n) is 3.97. The Balaban J connectivity index is 2.01. The van der Waals surface area contributed by atoms with Gasteiger partial charge in [0.15, 0.2) is 0 Å². The first-order valence-electron chi connectivity index (χ1n) is 8.76. The lowest BCUT2D eigenvalue weighted by atomic mass is 9.90. The number of anilines is 2. The second-order valence-corrected chi connectivity index (χ2v) is 6.95. The maximum absolute atomic E-state index is 12.6. The van der Waals surface area contributed by atoms with E-state index in [-0.39, 0.29) is 6.10 Å². The van der Waals surface area contributed by atoms with Gasteiger partial charge in [0.1, 0.15) is 16.9 Å². The van der Waals surface area contributed by atoms with Crippen LogP contribution in [0.2, 0.25) is 0 Å². The summed E-state index contributed by atoms with van der Waals surface area (Å²) in [6, 6.07) is 14.0. The number of hydrogen-bond donors (Lipinski definition) is 2. The van der Waals surface area contributed by atoms with Crippen LogP contribution in [0.3, 0.4) is 0 Å². The van der Waals surface area contributed by atoms with Crippen LogP contribution < -0.4 is 20.1 Å². The molecule has 0 aliphatic carbocycles. The monoisotopic (exact) mass is 370 g/mol. The predicted molar refractivity (Wildman–Crippen MR) is 106 cm³/mol. The van der Waals surface area contributed by atoms with Crippen molar-refractivity contribution in [1.29, 1.82) is 0 Å². The van der Waals surface area contributed by atoms with Gasteiger partial charge >= 0.3 is 0 Å². The van der Waals surface area contributed by atoms with E-state index < -0.39 is 17.2 Å². The third kappa shape index (κ3) is 5.48. The molecule has 0 radical (unpaired) electrons. The number of ether oxygens (including phenoxy) is 2. The van der Waals surface area contributed by atoms with Crippen LogP contribution in [0.5, 0.6) is 11.5 Å². The summed E-state index contributed by atoms with van der Waals surface area (Å²) in [6.07, 6.45) is 0.0750. The Hall–Kier alpha value is -3.02. The van der Waals surface area contributed by atoms with Crippen LogP contribution in [-0.4, -0.2) is 25.0 Å². The first kappa shape index (κ1) is 20.3. The summed E-state index contributed by atoms with van der Waals surface area (Å²) < 4.78 is 10.7. The highest BCUT2D eigenvalue weighted by Gasteiger charge is 2.36. The summed E-state index contributed by atoms with van der Waals surface area (Å²) in [4.78, 5) is 25.2. The van der Waals surface area contributed by atoms with E-state index in [2.05, 4.69) is 10.6 Å². The molecule has 0 fully saturated rings. The van der Waals surface area contributed by atoms with Crippen molar-refractivity contribution < 1.29 is 19.1 Å². The number of carbonyl (C=O) groups excluding carboxylic acids is 2. The van der Waals surface area contributed by atoms with Gasteiger partial charge in [-0.2, -0.15) is 0 Å². The van der Waals surface area contributed by atoms with Crippen molar-refractivity contribution in [2.24, 2.45) is 5.41 Å². The molecule has 2 amide bonds. The molecule has 0 heterocycles. The number of amides is 2. The van der Waals surface area contributed by atoms with E-state index in [0.29, 0.717) is 17.1 Å². The molecule has 144 valence electrons. The molecule has 2 rings (SSSR count). The molecular formula is C21H26N2O4. The molecule has 0 bridgehead atoms. The molecule has 0 unspecified atom stereocenters. The van der Waals surface area contributed by atoms with E-state index >= 15 is 0 Å². The van der Waals surface area contributed by atoms with Crippen LogP contribution in [0.4, 0.5) is 11.4 Å².